The average Bonchev–Trinajstić information content (AvgIpc) is 2.94. The first-order chi connectivity index (χ1) is 10.4. The normalized spacial score (nSPS) is 12.9. The van der Waals surface area contributed by atoms with Gasteiger partial charge in [-0.05, 0) is 25.5 Å². The lowest BCUT2D eigenvalue weighted by atomic mass is 9.99. The minimum atomic E-state index is 0.426. The van der Waals surface area contributed by atoms with Crippen molar-refractivity contribution in [3.63, 3.8) is 0 Å². The molecule has 0 spiro atoms. The van der Waals surface area contributed by atoms with E-state index in [4.69, 9.17) is 4.42 Å². The summed E-state index contributed by atoms with van der Waals surface area (Å²) >= 11 is 0. The third-order valence-corrected chi connectivity index (χ3v) is 4.12. The smallest absolute Gasteiger partial charge is 0.134 e. The van der Waals surface area contributed by atoms with Crippen LogP contribution < -0.4 is 5.32 Å². The number of fused-ring (bicyclic) bond motifs is 1. The molecule has 2 nitrogen and oxygen atoms in total. The van der Waals surface area contributed by atoms with Crippen molar-refractivity contribution < 1.29 is 4.42 Å². The van der Waals surface area contributed by atoms with Crippen LogP contribution in [0.3, 0.4) is 0 Å². The Morgan fingerprint density at radius 1 is 1.00 bits per heavy atom. The lowest BCUT2D eigenvalue weighted by Gasteiger charge is -2.17. The van der Waals surface area contributed by atoms with E-state index in [2.05, 4.69) is 37.4 Å². The number of hydrogen-bond donors (Lipinski definition) is 1. The van der Waals surface area contributed by atoms with Crippen molar-refractivity contribution in [3.05, 3.63) is 36.1 Å². The molecular formula is C19H29NO. The van der Waals surface area contributed by atoms with Crippen LogP contribution in [0, 0.1) is 0 Å². The fourth-order valence-corrected chi connectivity index (χ4v) is 2.91. The number of benzene rings is 1. The van der Waals surface area contributed by atoms with E-state index < -0.39 is 0 Å². The zero-order valence-electron chi connectivity index (χ0n) is 13.5. The summed E-state index contributed by atoms with van der Waals surface area (Å²) in [6.45, 7) is 5.56. The van der Waals surface area contributed by atoms with Gasteiger partial charge in [-0.2, -0.15) is 0 Å². The fourth-order valence-electron chi connectivity index (χ4n) is 2.91. The van der Waals surface area contributed by atoms with Gasteiger partial charge in [-0.3, -0.25) is 0 Å². The highest BCUT2D eigenvalue weighted by Crippen LogP contribution is 2.29. The van der Waals surface area contributed by atoms with Gasteiger partial charge in [-0.1, -0.05) is 64.2 Å². The monoisotopic (exact) mass is 287 g/mol. The second kappa shape index (κ2) is 8.89. The summed E-state index contributed by atoms with van der Waals surface area (Å²) in [5.41, 5.74) is 2.33. The molecule has 116 valence electrons. The molecule has 0 aliphatic rings. The van der Waals surface area contributed by atoms with Crippen LogP contribution in [0.25, 0.3) is 11.0 Å². The van der Waals surface area contributed by atoms with Crippen molar-refractivity contribution in [2.45, 2.75) is 64.8 Å². The second-order valence-corrected chi connectivity index (χ2v) is 5.90. The van der Waals surface area contributed by atoms with Crippen LogP contribution in [0.1, 0.15) is 70.4 Å². The molecule has 1 heterocycles. The van der Waals surface area contributed by atoms with Crippen LogP contribution in [0.2, 0.25) is 0 Å². The van der Waals surface area contributed by atoms with Crippen molar-refractivity contribution in [1.82, 2.24) is 5.32 Å². The number of unbranched alkanes of at least 4 members (excludes halogenated alkanes) is 4. The third-order valence-electron chi connectivity index (χ3n) is 4.12. The molecule has 0 aliphatic carbocycles. The van der Waals surface area contributed by atoms with E-state index >= 15 is 0 Å². The number of hydrogen-bond acceptors (Lipinski definition) is 2. The molecule has 1 unspecified atom stereocenters. The van der Waals surface area contributed by atoms with Gasteiger partial charge in [0.05, 0.1) is 6.26 Å². The van der Waals surface area contributed by atoms with Crippen LogP contribution in [0.15, 0.2) is 34.9 Å². The molecule has 0 saturated carbocycles. The Morgan fingerprint density at radius 2 is 1.81 bits per heavy atom. The van der Waals surface area contributed by atoms with Gasteiger partial charge in [0.2, 0.25) is 0 Å². The molecule has 0 amide bonds. The quantitative estimate of drug-likeness (QED) is 0.556. The molecular weight excluding hydrogens is 258 g/mol. The highest BCUT2D eigenvalue weighted by atomic mass is 16.3. The van der Waals surface area contributed by atoms with Crippen LogP contribution in [-0.4, -0.2) is 6.54 Å². The standard InChI is InChI=1S/C19H29NO/c1-3-5-6-7-8-12-18(20-14-4-2)17-15-21-19-13-10-9-11-16(17)19/h9-11,13,15,18,20H,3-8,12,14H2,1-2H3. The first kappa shape index (κ1) is 16.1. The van der Waals surface area contributed by atoms with Crippen molar-refractivity contribution in [2.24, 2.45) is 0 Å². The maximum Gasteiger partial charge on any atom is 0.134 e. The van der Waals surface area contributed by atoms with Gasteiger partial charge in [-0.25, -0.2) is 0 Å². The summed E-state index contributed by atoms with van der Waals surface area (Å²) in [6.07, 6.45) is 11.0. The molecule has 0 radical (unpaired) electrons. The maximum atomic E-state index is 5.71. The minimum Gasteiger partial charge on any atom is -0.464 e. The number of nitrogens with one attached hydrogen (secondary N) is 1. The van der Waals surface area contributed by atoms with Crippen LogP contribution in [-0.2, 0) is 0 Å². The van der Waals surface area contributed by atoms with Gasteiger partial charge < -0.3 is 9.73 Å². The summed E-state index contributed by atoms with van der Waals surface area (Å²) in [4.78, 5) is 0. The largest absolute Gasteiger partial charge is 0.464 e. The van der Waals surface area contributed by atoms with Crippen LogP contribution >= 0.6 is 0 Å². The van der Waals surface area contributed by atoms with E-state index in [1.165, 1.54) is 55.9 Å². The van der Waals surface area contributed by atoms with E-state index in [-0.39, 0.29) is 0 Å². The predicted octanol–water partition coefficient (Wildman–Crippen LogP) is 5.83. The lowest BCUT2D eigenvalue weighted by Crippen LogP contribution is -2.21. The Labute approximate surface area is 128 Å². The molecule has 0 aliphatic heterocycles. The Balaban J connectivity index is 2.01. The highest BCUT2D eigenvalue weighted by Gasteiger charge is 2.15. The van der Waals surface area contributed by atoms with Gasteiger partial charge in [0.25, 0.3) is 0 Å². The summed E-state index contributed by atoms with van der Waals surface area (Å²) in [5.74, 6) is 0. The minimum absolute atomic E-state index is 0.426. The second-order valence-electron chi connectivity index (χ2n) is 5.90. The Morgan fingerprint density at radius 3 is 2.62 bits per heavy atom. The SMILES string of the molecule is CCCCCCCC(NCCC)c1coc2ccccc12. The summed E-state index contributed by atoms with van der Waals surface area (Å²) in [7, 11) is 0. The summed E-state index contributed by atoms with van der Waals surface area (Å²) < 4.78 is 5.71. The topological polar surface area (TPSA) is 25.2 Å². The lowest BCUT2D eigenvalue weighted by molar-refractivity contribution is 0.464. The molecule has 1 atom stereocenters. The first-order valence-electron chi connectivity index (χ1n) is 8.56. The summed E-state index contributed by atoms with van der Waals surface area (Å²) in [6, 6.07) is 8.78. The zero-order chi connectivity index (χ0) is 14.9. The fraction of sp³-hybridized carbons (Fsp3) is 0.579. The Kier molecular flexibility index (Phi) is 6.81. The van der Waals surface area contributed by atoms with E-state index in [9.17, 15) is 0 Å². The predicted molar refractivity (Wildman–Crippen MR) is 90.6 cm³/mol. The highest BCUT2D eigenvalue weighted by molar-refractivity contribution is 5.81. The molecule has 2 aromatic rings. The van der Waals surface area contributed by atoms with Crippen molar-refractivity contribution in [1.29, 1.82) is 0 Å². The van der Waals surface area contributed by atoms with Gasteiger partial charge >= 0.3 is 0 Å². The molecule has 1 aromatic heterocycles. The van der Waals surface area contributed by atoms with E-state index in [0.717, 1.165) is 12.1 Å². The van der Waals surface area contributed by atoms with Gasteiger partial charge in [0.15, 0.2) is 0 Å². The van der Waals surface area contributed by atoms with Gasteiger partial charge in [0.1, 0.15) is 5.58 Å². The van der Waals surface area contributed by atoms with Crippen molar-refractivity contribution >= 4 is 11.0 Å². The number of para-hydroxylation sites is 1. The van der Waals surface area contributed by atoms with E-state index in [1.54, 1.807) is 0 Å². The molecule has 2 heteroatoms. The number of furan rings is 1. The van der Waals surface area contributed by atoms with Crippen LogP contribution in [0.5, 0.6) is 0 Å². The van der Waals surface area contributed by atoms with E-state index in [1.807, 2.05) is 12.3 Å². The molecule has 2 rings (SSSR count). The molecule has 1 aromatic carbocycles. The molecule has 0 fully saturated rings. The van der Waals surface area contributed by atoms with Gasteiger partial charge in [0, 0.05) is 17.0 Å². The molecule has 0 saturated heterocycles. The third kappa shape index (κ3) is 4.60. The van der Waals surface area contributed by atoms with Gasteiger partial charge in [-0.15, -0.1) is 0 Å². The maximum absolute atomic E-state index is 5.71. The van der Waals surface area contributed by atoms with Crippen molar-refractivity contribution in [2.75, 3.05) is 6.54 Å². The molecule has 1 N–H and O–H groups in total. The molecule has 21 heavy (non-hydrogen) atoms. The molecule has 0 bridgehead atoms. The average molecular weight is 287 g/mol. The zero-order valence-corrected chi connectivity index (χ0v) is 13.5. The van der Waals surface area contributed by atoms with E-state index in [0.29, 0.717) is 6.04 Å². The Bertz CT molecular complexity index is 517. The van der Waals surface area contributed by atoms with Crippen LogP contribution in [0.4, 0.5) is 0 Å². The summed E-state index contributed by atoms with van der Waals surface area (Å²) in [5, 5.41) is 4.96. The first-order valence-corrected chi connectivity index (χ1v) is 8.56. The Hall–Kier alpha value is -1.28. The number of rotatable bonds is 10. The van der Waals surface area contributed by atoms with Crippen molar-refractivity contribution in [3.8, 4) is 0 Å².